The number of ether oxygens (including phenoxy) is 1. The van der Waals surface area contributed by atoms with Crippen molar-refractivity contribution in [3.8, 4) is 5.75 Å². The van der Waals surface area contributed by atoms with Crippen LogP contribution in [-0.4, -0.2) is 37.8 Å². The third-order valence-corrected chi connectivity index (χ3v) is 2.65. The number of carbonyl (C=O) groups is 1. The van der Waals surface area contributed by atoms with Crippen molar-refractivity contribution in [2.45, 2.75) is 26.3 Å². The van der Waals surface area contributed by atoms with Gasteiger partial charge in [0.05, 0.1) is 13.2 Å². The van der Waals surface area contributed by atoms with Gasteiger partial charge in [0.15, 0.2) is 0 Å². The normalized spacial score (nSPS) is 10.9. The molecule has 0 aromatic heterocycles. The van der Waals surface area contributed by atoms with E-state index in [1.807, 2.05) is 38.1 Å². The summed E-state index contributed by atoms with van der Waals surface area (Å²) in [6.07, 6.45) is 2.14. The van der Waals surface area contributed by atoms with Gasteiger partial charge in [-0.05, 0) is 24.1 Å². The molecule has 1 unspecified atom stereocenters. The summed E-state index contributed by atoms with van der Waals surface area (Å²) in [7, 11) is 2.96. The van der Waals surface area contributed by atoms with Crippen molar-refractivity contribution in [3.05, 3.63) is 42.5 Å². The van der Waals surface area contributed by atoms with Gasteiger partial charge in [-0.3, -0.25) is 9.63 Å². The Kier molecular flexibility index (Phi) is 9.92. The average molecular weight is 294 g/mol. The van der Waals surface area contributed by atoms with Crippen molar-refractivity contribution >= 4 is 5.91 Å². The number of rotatable bonds is 7. The lowest BCUT2D eigenvalue weighted by Gasteiger charge is -2.18. The van der Waals surface area contributed by atoms with Crippen LogP contribution in [0.5, 0.6) is 5.75 Å². The summed E-state index contributed by atoms with van der Waals surface area (Å²) in [6, 6.07) is 6.84. The quantitative estimate of drug-likeness (QED) is 0.618. The molecule has 1 aromatic rings. The Morgan fingerprint density at radius 3 is 2.43 bits per heavy atom. The Morgan fingerprint density at radius 2 is 1.95 bits per heavy atom. The van der Waals surface area contributed by atoms with E-state index in [1.165, 1.54) is 14.2 Å². The van der Waals surface area contributed by atoms with Gasteiger partial charge in [-0.2, -0.15) is 0 Å². The van der Waals surface area contributed by atoms with Crippen LogP contribution in [0.1, 0.15) is 19.4 Å². The second-order valence-electron chi connectivity index (χ2n) is 4.07. The maximum absolute atomic E-state index is 11.7. The zero-order valence-corrected chi connectivity index (χ0v) is 13.3. The molecule has 5 heteroatoms. The highest BCUT2D eigenvalue weighted by molar-refractivity contribution is 5.80. The molecule has 0 saturated carbocycles. The first kappa shape index (κ1) is 19.1. The number of hydrogen-bond donors (Lipinski definition) is 1. The molecule has 118 valence electrons. The van der Waals surface area contributed by atoms with Crippen molar-refractivity contribution in [2.75, 3.05) is 20.8 Å². The molecular weight excluding hydrogens is 268 g/mol. The number of hydroxylamine groups is 2. The second-order valence-corrected chi connectivity index (χ2v) is 4.07. The summed E-state index contributed by atoms with van der Waals surface area (Å²) >= 11 is 0. The van der Waals surface area contributed by atoms with Crippen molar-refractivity contribution in [2.24, 2.45) is 5.73 Å². The lowest BCUT2D eigenvalue weighted by molar-refractivity contribution is -0.170. The van der Waals surface area contributed by atoms with Crippen molar-refractivity contribution < 1.29 is 14.4 Å². The van der Waals surface area contributed by atoms with E-state index >= 15 is 0 Å². The third kappa shape index (κ3) is 6.92. The predicted molar refractivity (Wildman–Crippen MR) is 84.9 cm³/mol. The molecule has 5 nitrogen and oxygen atoms in total. The number of nitrogens with two attached hydrogens (primary N) is 1. The monoisotopic (exact) mass is 294 g/mol. The fourth-order valence-electron chi connectivity index (χ4n) is 1.54. The van der Waals surface area contributed by atoms with Gasteiger partial charge >= 0.3 is 0 Å². The second kappa shape index (κ2) is 10.9. The van der Waals surface area contributed by atoms with Gasteiger partial charge in [-0.15, -0.1) is 0 Å². The smallest absolute Gasteiger partial charge is 0.263 e. The first-order chi connectivity index (χ1) is 10.1. The fraction of sp³-hybridized carbons (Fsp3) is 0.438. The van der Waals surface area contributed by atoms with Crippen LogP contribution in [0.25, 0.3) is 0 Å². The Balaban J connectivity index is 0.00000191. The van der Waals surface area contributed by atoms with E-state index in [0.717, 1.165) is 16.4 Å². The van der Waals surface area contributed by atoms with E-state index in [1.54, 1.807) is 6.08 Å². The van der Waals surface area contributed by atoms with Gasteiger partial charge in [0.2, 0.25) is 0 Å². The molecule has 0 aliphatic carbocycles. The first-order valence-corrected chi connectivity index (χ1v) is 6.98. The number of benzene rings is 1. The minimum atomic E-state index is -0.620. The summed E-state index contributed by atoms with van der Waals surface area (Å²) in [5.74, 6) is 0.507. The predicted octanol–water partition coefficient (Wildman–Crippen LogP) is 2.17. The highest BCUT2D eigenvalue weighted by atomic mass is 16.7. The molecule has 0 fully saturated rings. The van der Waals surface area contributed by atoms with Gasteiger partial charge in [0, 0.05) is 7.05 Å². The Hall–Kier alpha value is -1.85. The standard InChI is InChI=1S/C14H20N2O3.C2H6/c1-4-9-19-12-7-5-11(6-8-12)10-13(15)14(17)16(2)18-3;1-2/h4-8,13H,1,9-10,15H2,2-3H3;1-2H3. The summed E-state index contributed by atoms with van der Waals surface area (Å²) in [6.45, 7) is 8.05. The van der Waals surface area contributed by atoms with Crippen molar-refractivity contribution in [1.29, 1.82) is 0 Å². The maximum Gasteiger partial charge on any atom is 0.263 e. The molecule has 1 amide bonds. The minimum absolute atomic E-state index is 0.255. The summed E-state index contributed by atoms with van der Waals surface area (Å²) in [4.78, 5) is 16.5. The first-order valence-electron chi connectivity index (χ1n) is 6.98. The Morgan fingerprint density at radius 1 is 1.38 bits per heavy atom. The van der Waals surface area contributed by atoms with Gasteiger partial charge in [0.1, 0.15) is 12.4 Å². The molecule has 1 aromatic carbocycles. The minimum Gasteiger partial charge on any atom is -0.490 e. The average Bonchev–Trinajstić information content (AvgIpc) is 2.54. The van der Waals surface area contributed by atoms with Crippen LogP contribution in [0.15, 0.2) is 36.9 Å². The zero-order chi connectivity index (χ0) is 16.3. The van der Waals surface area contributed by atoms with Crippen LogP contribution in [-0.2, 0) is 16.1 Å². The van der Waals surface area contributed by atoms with Gasteiger partial charge in [0.25, 0.3) is 5.91 Å². The van der Waals surface area contributed by atoms with Crippen molar-refractivity contribution in [3.63, 3.8) is 0 Å². The van der Waals surface area contributed by atoms with Crippen LogP contribution in [0.3, 0.4) is 0 Å². The molecule has 2 N–H and O–H groups in total. The molecule has 0 heterocycles. The Labute approximate surface area is 127 Å². The molecule has 1 rings (SSSR count). The number of amides is 1. The maximum atomic E-state index is 11.7. The van der Waals surface area contributed by atoms with Crippen LogP contribution in [0.2, 0.25) is 0 Å². The number of likely N-dealkylation sites (N-methyl/N-ethyl adjacent to an activating group) is 1. The van der Waals surface area contributed by atoms with Crippen LogP contribution >= 0.6 is 0 Å². The molecule has 0 aliphatic rings. The van der Waals surface area contributed by atoms with Crippen LogP contribution < -0.4 is 10.5 Å². The molecule has 0 bridgehead atoms. The topological polar surface area (TPSA) is 64.8 Å². The highest BCUT2D eigenvalue weighted by Gasteiger charge is 2.18. The molecule has 0 radical (unpaired) electrons. The van der Waals surface area contributed by atoms with E-state index in [2.05, 4.69) is 6.58 Å². The van der Waals surface area contributed by atoms with E-state index in [-0.39, 0.29) is 5.91 Å². The van der Waals surface area contributed by atoms with Gasteiger partial charge in [-0.1, -0.05) is 38.6 Å². The van der Waals surface area contributed by atoms with E-state index in [0.29, 0.717) is 13.0 Å². The largest absolute Gasteiger partial charge is 0.490 e. The summed E-state index contributed by atoms with van der Waals surface area (Å²) in [5.41, 5.74) is 6.80. The van der Waals surface area contributed by atoms with Crippen LogP contribution in [0.4, 0.5) is 0 Å². The van der Waals surface area contributed by atoms with Crippen LogP contribution in [0, 0.1) is 0 Å². The van der Waals surface area contributed by atoms with E-state index in [4.69, 9.17) is 15.3 Å². The molecule has 0 aliphatic heterocycles. The van der Waals surface area contributed by atoms with E-state index < -0.39 is 6.04 Å². The molecule has 21 heavy (non-hydrogen) atoms. The summed E-state index contributed by atoms with van der Waals surface area (Å²) in [5, 5.41) is 1.13. The van der Waals surface area contributed by atoms with Gasteiger partial charge in [-0.25, -0.2) is 5.06 Å². The van der Waals surface area contributed by atoms with Gasteiger partial charge < -0.3 is 10.5 Å². The number of nitrogens with zero attached hydrogens (tertiary/aromatic N) is 1. The highest BCUT2D eigenvalue weighted by Crippen LogP contribution is 2.13. The molecule has 0 saturated heterocycles. The number of hydrogen-bond acceptors (Lipinski definition) is 4. The molecule has 0 spiro atoms. The SMILES string of the molecule is C=CCOc1ccc(CC(N)C(=O)N(C)OC)cc1.CC. The van der Waals surface area contributed by atoms with Crippen molar-refractivity contribution in [1.82, 2.24) is 5.06 Å². The summed E-state index contributed by atoms with van der Waals surface area (Å²) < 4.78 is 5.37. The lowest BCUT2D eigenvalue weighted by atomic mass is 10.1. The molecular formula is C16H26N2O3. The Bertz CT molecular complexity index is 418. The lowest BCUT2D eigenvalue weighted by Crippen LogP contribution is -2.42. The van der Waals surface area contributed by atoms with E-state index in [9.17, 15) is 4.79 Å². The molecule has 1 atom stereocenters. The fourth-order valence-corrected chi connectivity index (χ4v) is 1.54. The third-order valence-electron chi connectivity index (χ3n) is 2.65. The number of carbonyl (C=O) groups excluding carboxylic acids is 1. The zero-order valence-electron chi connectivity index (χ0n) is 13.3.